The van der Waals surface area contributed by atoms with E-state index >= 15 is 0 Å². The molecule has 0 spiro atoms. The molecule has 5 heteroatoms. The highest BCUT2D eigenvalue weighted by atomic mass is 19.3. The molecule has 0 saturated heterocycles. The van der Waals surface area contributed by atoms with Crippen molar-refractivity contribution in [1.29, 1.82) is 0 Å². The molecule has 0 amide bonds. The molecule has 2 N–H and O–H groups in total. The smallest absolute Gasteiger partial charge is 0.387 e. The van der Waals surface area contributed by atoms with Crippen LogP contribution in [0.5, 0.6) is 5.75 Å². The number of nitrogens with two attached hydrogens (primary N) is 1. The van der Waals surface area contributed by atoms with E-state index in [0.29, 0.717) is 5.56 Å². The molecule has 0 fully saturated rings. The molecule has 1 aromatic carbocycles. The number of hydrogen-bond donors (Lipinski definition) is 1. The molecule has 0 bridgehead atoms. The summed E-state index contributed by atoms with van der Waals surface area (Å²) in [4.78, 5) is 4.25. The Morgan fingerprint density at radius 3 is 2.45 bits per heavy atom. The van der Waals surface area contributed by atoms with E-state index in [1.807, 2.05) is 25.1 Å². The molecular weight excluding hydrogens is 262 g/mol. The van der Waals surface area contributed by atoms with E-state index in [4.69, 9.17) is 5.73 Å². The summed E-state index contributed by atoms with van der Waals surface area (Å²) in [5.41, 5.74) is 7.54. The molecule has 0 aliphatic rings. The maximum atomic E-state index is 12.4. The third kappa shape index (κ3) is 3.30. The van der Waals surface area contributed by atoms with Gasteiger partial charge in [0.15, 0.2) is 0 Å². The van der Waals surface area contributed by atoms with Crippen LogP contribution in [-0.2, 0) is 0 Å². The van der Waals surface area contributed by atoms with E-state index in [0.717, 1.165) is 5.69 Å². The van der Waals surface area contributed by atoms with Crippen LogP contribution in [0.3, 0.4) is 0 Å². The van der Waals surface area contributed by atoms with Gasteiger partial charge in [-0.25, -0.2) is 0 Å². The first-order valence-corrected chi connectivity index (χ1v) is 6.30. The SMILES string of the molecule is CC(c1ccccn1)C(N)c1ccccc1OC(F)F. The lowest BCUT2D eigenvalue weighted by molar-refractivity contribution is -0.0506. The molecule has 0 aliphatic heterocycles. The highest BCUT2D eigenvalue weighted by molar-refractivity contribution is 5.37. The van der Waals surface area contributed by atoms with Crippen LogP contribution in [0.1, 0.15) is 30.1 Å². The van der Waals surface area contributed by atoms with Crippen molar-refractivity contribution in [2.75, 3.05) is 0 Å². The highest BCUT2D eigenvalue weighted by Crippen LogP contribution is 2.33. The number of hydrogen-bond acceptors (Lipinski definition) is 3. The maximum Gasteiger partial charge on any atom is 0.387 e. The monoisotopic (exact) mass is 278 g/mol. The molecule has 0 saturated carbocycles. The Morgan fingerprint density at radius 1 is 1.10 bits per heavy atom. The van der Waals surface area contributed by atoms with Crippen LogP contribution in [0.2, 0.25) is 0 Å². The zero-order valence-corrected chi connectivity index (χ0v) is 11.0. The van der Waals surface area contributed by atoms with Crippen LogP contribution >= 0.6 is 0 Å². The lowest BCUT2D eigenvalue weighted by Crippen LogP contribution is -2.20. The summed E-state index contributed by atoms with van der Waals surface area (Å²) < 4.78 is 29.3. The van der Waals surface area contributed by atoms with Crippen LogP contribution in [0, 0.1) is 0 Å². The molecule has 2 rings (SSSR count). The number of alkyl halides is 2. The summed E-state index contributed by atoms with van der Waals surface area (Å²) in [6.07, 6.45) is 1.68. The number of ether oxygens (including phenoxy) is 1. The van der Waals surface area contributed by atoms with Crippen LogP contribution in [-0.4, -0.2) is 11.6 Å². The first-order valence-electron chi connectivity index (χ1n) is 6.30. The summed E-state index contributed by atoms with van der Waals surface area (Å²) >= 11 is 0. The second kappa shape index (κ2) is 6.43. The predicted octanol–water partition coefficient (Wildman–Crippen LogP) is 3.49. The Labute approximate surface area is 116 Å². The van der Waals surface area contributed by atoms with Crippen molar-refractivity contribution in [2.45, 2.75) is 25.5 Å². The van der Waals surface area contributed by atoms with Crippen LogP contribution in [0.15, 0.2) is 48.7 Å². The Bertz CT molecular complexity index is 549. The van der Waals surface area contributed by atoms with E-state index in [1.54, 1.807) is 24.4 Å². The average molecular weight is 278 g/mol. The van der Waals surface area contributed by atoms with Crippen LogP contribution in [0.4, 0.5) is 8.78 Å². The topological polar surface area (TPSA) is 48.1 Å². The maximum absolute atomic E-state index is 12.4. The number of para-hydroxylation sites is 1. The van der Waals surface area contributed by atoms with Gasteiger partial charge in [-0.1, -0.05) is 31.2 Å². The van der Waals surface area contributed by atoms with Gasteiger partial charge in [0, 0.05) is 29.4 Å². The van der Waals surface area contributed by atoms with Crippen molar-refractivity contribution in [1.82, 2.24) is 4.98 Å². The van der Waals surface area contributed by atoms with Crippen molar-refractivity contribution in [3.8, 4) is 5.75 Å². The van der Waals surface area contributed by atoms with Gasteiger partial charge in [-0.2, -0.15) is 8.78 Å². The van der Waals surface area contributed by atoms with Gasteiger partial charge in [-0.3, -0.25) is 4.98 Å². The third-order valence-corrected chi connectivity index (χ3v) is 3.19. The molecule has 1 aromatic heterocycles. The van der Waals surface area contributed by atoms with Gasteiger partial charge in [0.05, 0.1) is 0 Å². The molecule has 2 atom stereocenters. The van der Waals surface area contributed by atoms with Crippen LogP contribution < -0.4 is 10.5 Å². The summed E-state index contributed by atoms with van der Waals surface area (Å²) in [5, 5.41) is 0. The summed E-state index contributed by atoms with van der Waals surface area (Å²) in [7, 11) is 0. The molecule has 0 aliphatic carbocycles. The molecule has 20 heavy (non-hydrogen) atoms. The largest absolute Gasteiger partial charge is 0.434 e. The third-order valence-electron chi connectivity index (χ3n) is 3.19. The van der Waals surface area contributed by atoms with Crippen molar-refractivity contribution < 1.29 is 13.5 Å². The Kier molecular flexibility index (Phi) is 4.63. The second-order valence-electron chi connectivity index (χ2n) is 4.49. The number of aromatic nitrogens is 1. The van der Waals surface area contributed by atoms with Gasteiger partial charge in [0.1, 0.15) is 5.75 Å². The number of halogens is 2. The molecular formula is C15H16F2N2O. The van der Waals surface area contributed by atoms with Crippen molar-refractivity contribution >= 4 is 0 Å². The normalized spacial score (nSPS) is 14.1. The van der Waals surface area contributed by atoms with E-state index in [-0.39, 0.29) is 11.7 Å². The highest BCUT2D eigenvalue weighted by Gasteiger charge is 2.22. The fourth-order valence-electron chi connectivity index (χ4n) is 2.06. The average Bonchev–Trinajstić information content (AvgIpc) is 2.46. The summed E-state index contributed by atoms with van der Waals surface area (Å²) in [6.45, 7) is -0.958. The first kappa shape index (κ1) is 14.4. The minimum Gasteiger partial charge on any atom is -0.434 e. The Morgan fingerprint density at radius 2 is 1.80 bits per heavy atom. The minimum atomic E-state index is -2.87. The molecule has 106 valence electrons. The molecule has 0 radical (unpaired) electrons. The lowest BCUT2D eigenvalue weighted by atomic mass is 9.92. The number of pyridine rings is 1. The fourth-order valence-corrected chi connectivity index (χ4v) is 2.06. The van der Waals surface area contributed by atoms with Gasteiger partial charge < -0.3 is 10.5 Å². The Hall–Kier alpha value is -2.01. The molecule has 2 aromatic rings. The lowest BCUT2D eigenvalue weighted by Gasteiger charge is -2.22. The van der Waals surface area contributed by atoms with Gasteiger partial charge in [0.25, 0.3) is 0 Å². The minimum absolute atomic E-state index is 0.109. The second-order valence-corrected chi connectivity index (χ2v) is 4.49. The van der Waals surface area contributed by atoms with Gasteiger partial charge >= 0.3 is 6.61 Å². The summed E-state index contributed by atoms with van der Waals surface area (Å²) in [5.74, 6) is -0.00333. The molecule has 2 unspecified atom stereocenters. The van der Waals surface area contributed by atoms with Crippen molar-refractivity contribution in [2.24, 2.45) is 5.73 Å². The van der Waals surface area contributed by atoms with E-state index in [9.17, 15) is 8.78 Å². The van der Waals surface area contributed by atoms with E-state index < -0.39 is 12.7 Å². The summed E-state index contributed by atoms with van der Waals surface area (Å²) in [6, 6.07) is 11.6. The molecule has 1 heterocycles. The van der Waals surface area contributed by atoms with Gasteiger partial charge in [-0.15, -0.1) is 0 Å². The standard InChI is InChI=1S/C15H16F2N2O/c1-10(12-7-4-5-9-19-12)14(18)11-6-2-3-8-13(11)20-15(16)17/h2-10,14-15H,18H2,1H3. The number of benzene rings is 1. The van der Waals surface area contributed by atoms with Gasteiger partial charge in [0.2, 0.25) is 0 Å². The Balaban J connectivity index is 2.27. The zero-order valence-electron chi connectivity index (χ0n) is 11.0. The van der Waals surface area contributed by atoms with Gasteiger partial charge in [-0.05, 0) is 18.2 Å². The first-order chi connectivity index (χ1) is 9.59. The zero-order chi connectivity index (χ0) is 14.5. The quantitative estimate of drug-likeness (QED) is 0.910. The van der Waals surface area contributed by atoms with E-state index in [1.165, 1.54) is 6.07 Å². The molecule has 3 nitrogen and oxygen atoms in total. The van der Waals surface area contributed by atoms with E-state index in [2.05, 4.69) is 9.72 Å². The number of rotatable bonds is 5. The van der Waals surface area contributed by atoms with Crippen molar-refractivity contribution in [3.63, 3.8) is 0 Å². The van der Waals surface area contributed by atoms with Crippen LogP contribution in [0.25, 0.3) is 0 Å². The predicted molar refractivity (Wildman–Crippen MR) is 72.7 cm³/mol. The fraction of sp³-hybridized carbons (Fsp3) is 0.267. The van der Waals surface area contributed by atoms with Crippen molar-refractivity contribution in [3.05, 3.63) is 59.9 Å². The number of nitrogens with zero attached hydrogens (tertiary/aromatic N) is 1.